The predicted molar refractivity (Wildman–Crippen MR) is 123 cm³/mol. The van der Waals surface area contributed by atoms with Gasteiger partial charge < -0.3 is 19.7 Å². The summed E-state index contributed by atoms with van der Waals surface area (Å²) < 4.78 is 1.48. The number of hydrogen-bond donors (Lipinski definition) is 2. The van der Waals surface area contributed by atoms with Crippen LogP contribution in [-0.4, -0.2) is 42.7 Å². The van der Waals surface area contributed by atoms with Crippen LogP contribution in [0.5, 0.6) is 5.75 Å². The monoisotopic (exact) mass is 435 g/mol. The highest BCUT2D eigenvalue weighted by atomic mass is 16.3. The number of phenols is 1. The fourth-order valence-corrected chi connectivity index (χ4v) is 4.47. The van der Waals surface area contributed by atoms with Gasteiger partial charge in [-0.3, -0.25) is 9.59 Å². The molecular weight excluding hydrogens is 406 g/mol. The van der Waals surface area contributed by atoms with Crippen LogP contribution in [0.25, 0.3) is 22.3 Å². The first kappa shape index (κ1) is 22.0. The van der Waals surface area contributed by atoms with Crippen molar-refractivity contribution in [2.45, 2.75) is 52.3 Å². The van der Waals surface area contributed by atoms with Gasteiger partial charge in [0.25, 0.3) is 11.5 Å². The maximum absolute atomic E-state index is 13.2. The number of phenolic OH excluding ortho intramolecular Hbond substituents is 1. The minimum absolute atomic E-state index is 0.00480. The smallest absolute Gasteiger partial charge is 0.277 e. The zero-order valence-corrected chi connectivity index (χ0v) is 18.9. The number of fused-ring (bicyclic) bond motifs is 2. The van der Waals surface area contributed by atoms with E-state index in [9.17, 15) is 19.8 Å². The number of aromatic hydroxyl groups is 1. The Kier molecular flexibility index (Phi) is 5.77. The molecule has 3 unspecified atom stereocenters. The molecule has 0 saturated carbocycles. The van der Waals surface area contributed by atoms with Crippen LogP contribution >= 0.6 is 0 Å². The second-order valence-corrected chi connectivity index (χ2v) is 8.88. The lowest BCUT2D eigenvalue weighted by molar-refractivity contribution is 0.0647. The summed E-state index contributed by atoms with van der Waals surface area (Å²) in [6.07, 6.45) is 1.14. The van der Waals surface area contributed by atoms with E-state index in [0.717, 1.165) is 12.0 Å². The molecule has 0 radical (unpaired) electrons. The number of aliphatic hydroxyl groups excluding tert-OH is 1. The van der Waals surface area contributed by atoms with Gasteiger partial charge >= 0.3 is 0 Å². The van der Waals surface area contributed by atoms with Crippen molar-refractivity contribution < 1.29 is 15.0 Å². The summed E-state index contributed by atoms with van der Waals surface area (Å²) in [5.74, 6) is 0.166. The van der Waals surface area contributed by atoms with Crippen molar-refractivity contribution in [2.24, 2.45) is 13.0 Å². The van der Waals surface area contributed by atoms with E-state index in [-0.39, 0.29) is 41.0 Å². The average Bonchev–Trinajstić information content (AvgIpc) is 3.11. The summed E-state index contributed by atoms with van der Waals surface area (Å²) in [5, 5.41) is 19.9. The molecule has 2 aromatic carbocycles. The third kappa shape index (κ3) is 3.66. The number of hydrogen-bond acceptors (Lipinski definition) is 5. The van der Waals surface area contributed by atoms with Crippen LogP contribution in [0.4, 0.5) is 0 Å². The lowest BCUT2D eigenvalue weighted by atomic mass is 9.95. The quantitative estimate of drug-likeness (QED) is 0.618. The van der Waals surface area contributed by atoms with Gasteiger partial charge in [-0.1, -0.05) is 25.1 Å². The molecule has 7 nitrogen and oxygen atoms in total. The molecule has 1 aromatic heterocycles. The SMILES string of the molecule is CC(O)CCC(C)C(C)N1Cc2c(cccc2-c2nc3c(O)cccc3n(C)c2=O)C1=O. The Morgan fingerprint density at radius 1 is 1.03 bits per heavy atom. The number of nitrogens with zero attached hydrogens (tertiary/aromatic N) is 3. The molecule has 168 valence electrons. The van der Waals surface area contributed by atoms with Gasteiger partial charge in [-0.2, -0.15) is 0 Å². The first-order valence-corrected chi connectivity index (χ1v) is 11.0. The Morgan fingerprint density at radius 2 is 1.72 bits per heavy atom. The molecule has 7 heteroatoms. The number of benzene rings is 2. The van der Waals surface area contributed by atoms with Gasteiger partial charge in [0.2, 0.25) is 0 Å². The average molecular weight is 436 g/mol. The van der Waals surface area contributed by atoms with Crippen molar-refractivity contribution in [2.75, 3.05) is 0 Å². The van der Waals surface area contributed by atoms with E-state index >= 15 is 0 Å². The summed E-state index contributed by atoms with van der Waals surface area (Å²) in [6, 6.07) is 10.3. The molecule has 32 heavy (non-hydrogen) atoms. The van der Waals surface area contributed by atoms with Crippen molar-refractivity contribution in [3.05, 3.63) is 57.9 Å². The molecule has 3 atom stereocenters. The topological polar surface area (TPSA) is 95.7 Å². The normalized spacial score (nSPS) is 16.3. The standard InChI is InChI=1S/C25H29N3O4/c1-14(11-12-15(2)29)16(3)28-13-19-17(7-5-8-18(19)24(28)31)22-25(32)27(4)20-9-6-10-21(30)23(20)26-22/h5-10,14-16,29-30H,11-13H2,1-4H3. The molecule has 0 saturated heterocycles. The van der Waals surface area contributed by atoms with Crippen LogP contribution < -0.4 is 5.56 Å². The maximum atomic E-state index is 13.2. The van der Waals surface area contributed by atoms with E-state index in [2.05, 4.69) is 11.9 Å². The fourth-order valence-electron chi connectivity index (χ4n) is 4.47. The van der Waals surface area contributed by atoms with Crippen molar-refractivity contribution in [1.29, 1.82) is 0 Å². The molecule has 1 aliphatic heterocycles. The summed E-state index contributed by atoms with van der Waals surface area (Å²) in [4.78, 5) is 32.7. The highest BCUT2D eigenvalue weighted by Crippen LogP contribution is 2.34. The number of para-hydroxylation sites is 1. The van der Waals surface area contributed by atoms with Crippen LogP contribution in [0.3, 0.4) is 0 Å². The van der Waals surface area contributed by atoms with Crippen LogP contribution in [0.15, 0.2) is 41.2 Å². The van der Waals surface area contributed by atoms with Crippen LogP contribution in [0.2, 0.25) is 0 Å². The zero-order valence-electron chi connectivity index (χ0n) is 18.9. The number of aliphatic hydroxyl groups is 1. The third-order valence-electron chi connectivity index (χ3n) is 6.69. The van der Waals surface area contributed by atoms with E-state index in [1.54, 1.807) is 44.3 Å². The fraction of sp³-hybridized carbons (Fsp3) is 0.400. The van der Waals surface area contributed by atoms with Crippen molar-refractivity contribution >= 4 is 16.9 Å². The van der Waals surface area contributed by atoms with Crippen LogP contribution in [0, 0.1) is 5.92 Å². The van der Waals surface area contributed by atoms with E-state index < -0.39 is 0 Å². The highest BCUT2D eigenvalue weighted by Gasteiger charge is 2.35. The predicted octanol–water partition coefficient (Wildman–Crippen LogP) is 3.45. The molecule has 0 spiro atoms. The van der Waals surface area contributed by atoms with Gasteiger partial charge in [0, 0.05) is 30.8 Å². The summed E-state index contributed by atoms with van der Waals surface area (Å²) in [5.41, 5.74) is 2.83. The van der Waals surface area contributed by atoms with Gasteiger partial charge in [-0.25, -0.2) is 4.98 Å². The van der Waals surface area contributed by atoms with E-state index in [0.29, 0.717) is 35.1 Å². The zero-order chi connectivity index (χ0) is 23.2. The number of carbonyl (C=O) groups excluding carboxylic acids is 1. The van der Waals surface area contributed by atoms with Gasteiger partial charge in [-0.05, 0) is 56.4 Å². The van der Waals surface area contributed by atoms with Crippen LogP contribution in [0.1, 0.15) is 49.5 Å². The Bertz CT molecular complexity index is 1250. The Hall–Kier alpha value is -3.19. The van der Waals surface area contributed by atoms with E-state index in [1.807, 2.05) is 17.9 Å². The Balaban J connectivity index is 1.76. The van der Waals surface area contributed by atoms with E-state index in [1.165, 1.54) is 4.57 Å². The number of rotatable bonds is 6. The molecule has 0 aliphatic carbocycles. The van der Waals surface area contributed by atoms with E-state index in [4.69, 9.17) is 0 Å². The first-order valence-electron chi connectivity index (χ1n) is 11.0. The molecule has 1 amide bonds. The molecule has 3 aromatic rings. The van der Waals surface area contributed by atoms with Gasteiger partial charge in [0.05, 0.1) is 11.6 Å². The molecule has 0 fully saturated rings. The number of amides is 1. The maximum Gasteiger partial charge on any atom is 0.277 e. The molecule has 2 N–H and O–H groups in total. The summed E-state index contributed by atoms with van der Waals surface area (Å²) in [7, 11) is 1.65. The second-order valence-electron chi connectivity index (χ2n) is 8.88. The molecular formula is C25H29N3O4. The van der Waals surface area contributed by atoms with Crippen molar-refractivity contribution in [3.8, 4) is 17.0 Å². The first-order chi connectivity index (χ1) is 15.2. The second kappa shape index (κ2) is 8.39. The van der Waals surface area contributed by atoms with Gasteiger partial charge in [-0.15, -0.1) is 0 Å². The summed E-state index contributed by atoms with van der Waals surface area (Å²) in [6.45, 7) is 6.29. The lowest BCUT2D eigenvalue weighted by Crippen LogP contribution is -2.38. The molecule has 4 rings (SSSR count). The minimum atomic E-state index is -0.366. The minimum Gasteiger partial charge on any atom is -0.506 e. The summed E-state index contributed by atoms with van der Waals surface area (Å²) >= 11 is 0. The lowest BCUT2D eigenvalue weighted by Gasteiger charge is -2.30. The van der Waals surface area contributed by atoms with Gasteiger partial charge in [0.15, 0.2) is 0 Å². The number of carbonyl (C=O) groups is 1. The highest BCUT2D eigenvalue weighted by molar-refractivity contribution is 6.00. The third-order valence-corrected chi connectivity index (χ3v) is 6.69. The van der Waals surface area contributed by atoms with Crippen molar-refractivity contribution in [3.63, 3.8) is 0 Å². The number of aromatic nitrogens is 2. The van der Waals surface area contributed by atoms with Gasteiger partial charge in [0.1, 0.15) is 17.0 Å². The number of aryl methyl sites for hydroxylation is 1. The Morgan fingerprint density at radius 3 is 2.44 bits per heavy atom. The largest absolute Gasteiger partial charge is 0.506 e. The molecule has 2 heterocycles. The van der Waals surface area contributed by atoms with Crippen LogP contribution in [-0.2, 0) is 13.6 Å². The Labute approximate surface area is 186 Å². The molecule has 1 aliphatic rings. The van der Waals surface area contributed by atoms with Crippen molar-refractivity contribution in [1.82, 2.24) is 14.5 Å². The molecule has 0 bridgehead atoms.